The number of ether oxygens (including phenoxy) is 1. The lowest BCUT2D eigenvalue weighted by Crippen LogP contribution is -2.22. The van der Waals surface area contributed by atoms with Gasteiger partial charge in [-0.15, -0.1) is 0 Å². The number of fused-ring (bicyclic) bond motifs is 3. The van der Waals surface area contributed by atoms with Crippen LogP contribution in [0.3, 0.4) is 0 Å². The number of hydrogen-bond acceptors (Lipinski definition) is 2. The van der Waals surface area contributed by atoms with Crippen molar-refractivity contribution in [2.75, 3.05) is 6.61 Å². The van der Waals surface area contributed by atoms with E-state index in [0.29, 0.717) is 6.73 Å². The first kappa shape index (κ1) is 19.4. The third-order valence-corrected chi connectivity index (χ3v) is 7.51. The molecular formula is C24H31NO2Si. The lowest BCUT2D eigenvalue weighted by Gasteiger charge is -2.19. The quantitative estimate of drug-likeness (QED) is 0.423. The van der Waals surface area contributed by atoms with E-state index in [2.05, 4.69) is 42.4 Å². The highest BCUT2D eigenvalue weighted by molar-refractivity contribution is 6.76. The number of para-hydroxylation sites is 1. The van der Waals surface area contributed by atoms with E-state index >= 15 is 0 Å². The molecule has 1 N–H and O–H groups in total. The SMILES string of the molecule is C[Si](C)(C)CCOCn1c2c(c3cccc(C(O)c4ccccc4)c31)CCC2. The summed E-state index contributed by atoms with van der Waals surface area (Å²) in [6.45, 7) is 8.54. The van der Waals surface area contributed by atoms with Gasteiger partial charge in [0, 0.05) is 31.3 Å². The van der Waals surface area contributed by atoms with Crippen molar-refractivity contribution in [2.24, 2.45) is 0 Å². The average molecular weight is 394 g/mol. The van der Waals surface area contributed by atoms with E-state index in [1.807, 2.05) is 30.3 Å². The Balaban J connectivity index is 1.72. The third kappa shape index (κ3) is 3.82. The van der Waals surface area contributed by atoms with Gasteiger partial charge in [-0.25, -0.2) is 0 Å². The van der Waals surface area contributed by atoms with E-state index in [4.69, 9.17) is 4.74 Å². The van der Waals surface area contributed by atoms with Gasteiger partial charge >= 0.3 is 0 Å². The van der Waals surface area contributed by atoms with Crippen LogP contribution in [-0.2, 0) is 24.3 Å². The Bertz CT molecular complexity index is 956. The Morgan fingerprint density at radius 3 is 2.57 bits per heavy atom. The summed E-state index contributed by atoms with van der Waals surface area (Å²) in [4.78, 5) is 0. The lowest BCUT2D eigenvalue weighted by atomic mass is 9.98. The molecule has 0 aliphatic heterocycles. The van der Waals surface area contributed by atoms with Crippen molar-refractivity contribution < 1.29 is 9.84 Å². The van der Waals surface area contributed by atoms with Gasteiger partial charge in [-0.1, -0.05) is 68.2 Å². The number of aliphatic hydroxyl groups excluding tert-OH is 1. The molecule has 3 nitrogen and oxygen atoms in total. The van der Waals surface area contributed by atoms with E-state index < -0.39 is 14.2 Å². The highest BCUT2D eigenvalue weighted by Gasteiger charge is 2.25. The average Bonchev–Trinajstić information content (AvgIpc) is 3.26. The third-order valence-electron chi connectivity index (χ3n) is 5.80. The van der Waals surface area contributed by atoms with Gasteiger partial charge < -0.3 is 14.4 Å². The molecule has 2 aromatic carbocycles. The maximum atomic E-state index is 11.1. The van der Waals surface area contributed by atoms with Crippen molar-refractivity contribution in [2.45, 2.75) is 57.8 Å². The van der Waals surface area contributed by atoms with Crippen LogP contribution in [0.2, 0.25) is 25.7 Å². The minimum atomic E-state index is -1.10. The second-order valence-corrected chi connectivity index (χ2v) is 14.7. The number of hydrogen-bond donors (Lipinski definition) is 1. The van der Waals surface area contributed by atoms with E-state index in [0.717, 1.165) is 36.1 Å². The first-order valence-electron chi connectivity index (χ1n) is 10.4. The molecular weight excluding hydrogens is 362 g/mol. The summed E-state index contributed by atoms with van der Waals surface area (Å²) in [5, 5.41) is 12.4. The van der Waals surface area contributed by atoms with Gasteiger partial charge in [0.25, 0.3) is 0 Å². The predicted octanol–water partition coefficient (Wildman–Crippen LogP) is 5.52. The van der Waals surface area contributed by atoms with Crippen LogP contribution < -0.4 is 0 Å². The van der Waals surface area contributed by atoms with Gasteiger partial charge in [-0.3, -0.25) is 0 Å². The predicted molar refractivity (Wildman–Crippen MR) is 119 cm³/mol. The van der Waals surface area contributed by atoms with Crippen molar-refractivity contribution >= 4 is 19.0 Å². The van der Waals surface area contributed by atoms with E-state index in [1.54, 1.807) is 0 Å². The lowest BCUT2D eigenvalue weighted by molar-refractivity contribution is 0.0883. The highest BCUT2D eigenvalue weighted by Crippen LogP contribution is 2.38. The molecule has 1 heterocycles. The topological polar surface area (TPSA) is 34.4 Å². The van der Waals surface area contributed by atoms with Crippen molar-refractivity contribution in [3.05, 3.63) is 70.9 Å². The van der Waals surface area contributed by atoms with E-state index in [1.165, 1.54) is 29.1 Å². The number of aromatic nitrogens is 1. The summed E-state index contributed by atoms with van der Waals surface area (Å²) in [5.74, 6) is 0. The van der Waals surface area contributed by atoms with Gasteiger partial charge in [-0.05, 0) is 36.4 Å². The molecule has 0 bridgehead atoms. The van der Waals surface area contributed by atoms with E-state index in [-0.39, 0.29) is 0 Å². The second-order valence-electron chi connectivity index (χ2n) is 9.11. The zero-order valence-electron chi connectivity index (χ0n) is 17.2. The molecule has 1 atom stereocenters. The van der Waals surface area contributed by atoms with Gasteiger partial charge in [-0.2, -0.15) is 0 Å². The van der Waals surface area contributed by atoms with Crippen molar-refractivity contribution in [1.29, 1.82) is 0 Å². The van der Waals surface area contributed by atoms with Crippen LogP contribution in [0.25, 0.3) is 10.9 Å². The number of aliphatic hydroxyl groups is 1. The largest absolute Gasteiger partial charge is 0.384 e. The van der Waals surface area contributed by atoms with Crippen molar-refractivity contribution in [1.82, 2.24) is 4.57 Å². The van der Waals surface area contributed by atoms with E-state index in [9.17, 15) is 5.11 Å². The number of nitrogens with zero attached hydrogens (tertiary/aromatic N) is 1. The molecule has 0 radical (unpaired) electrons. The summed E-state index contributed by atoms with van der Waals surface area (Å²) in [5.41, 5.74) is 5.91. The second kappa shape index (κ2) is 7.86. The van der Waals surface area contributed by atoms with Crippen molar-refractivity contribution in [3.8, 4) is 0 Å². The number of aryl methyl sites for hydroxylation is 1. The Kier molecular flexibility index (Phi) is 5.45. The maximum absolute atomic E-state index is 11.1. The minimum absolute atomic E-state index is 0.578. The molecule has 1 aliphatic rings. The van der Waals surface area contributed by atoms with Crippen LogP contribution in [0.1, 0.15) is 34.9 Å². The normalized spacial score (nSPS) is 15.1. The van der Waals surface area contributed by atoms with Crippen molar-refractivity contribution in [3.63, 3.8) is 0 Å². The van der Waals surface area contributed by atoms with Crippen LogP contribution in [-0.4, -0.2) is 24.4 Å². The molecule has 0 fully saturated rings. The first-order valence-corrected chi connectivity index (χ1v) is 14.1. The Hall–Kier alpha value is -1.88. The number of rotatable bonds is 7. The Morgan fingerprint density at radius 1 is 1.04 bits per heavy atom. The molecule has 0 saturated carbocycles. The highest BCUT2D eigenvalue weighted by atomic mass is 28.3. The van der Waals surface area contributed by atoms with Gasteiger partial charge in [0.2, 0.25) is 0 Å². The van der Waals surface area contributed by atoms with Crippen LogP contribution in [0.15, 0.2) is 48.5 Å². The Labute approximate surface area is 169 Å². The summed E-state index contributed by atoms with van der Waals surface area (Å²) >= 11 is 0. The summed E-state index contributed by atoms with van der Waals surface area (Å²) < 4.78 is 8.48. The molecule has 1 aromatic heterocycles. The molecule has 0 spiro atoms. The number of benzene rings is 2. The maximum Gasteiger partial charge on any atom is 0.123 e. The fourth-order valence-corrected chi connectivity index (χ4v) is 5.03. The fraction of sp³-hybridized carbons (Fsp3) is 0.417. The van der Waals surface area contributed by atoms with Crippen LogP contribution >= 0.6 is 0 Å². The zero-order chi connectivity index (χ0) is 19.7. The standard InChI is InChI=1S/C24H31NO2Si/c1-28(2,3)16-15-27-17-25-22-14-8-11-19(22)20-12-7-13-21(23(20)25)24(26)18-9-5-4-6-10-18/h4-7,9-10,12-13,24,26H,8,11,14-17H2,1-3H3. The smallest absolute Gasteiger partial charge is 0.123 e. The van der Waals surface area contributed by atoms with Crippen LogP contribution in [0, 0.1) is 0 Å². The molecule has 0 amide bonds. The molecule has 3 aromatic rings. The molecule has 4 heteroatoms. The minimum Gasteiger partial charge on any atom is -0.384 e. The first-order chi connectivity index (χ1) is 13.5. The molecule has 0 saturated heterocycles. The summed E-state index contributed by atoms with van der Waals surface area (Å²) in [6.07, 6.45) is 2.81. The van der Waals surface area contributed by atoms with Gasteiger partial charge in [0.05, 0.1) is 5.52 Å². The summed E-state index contributed by atoms with van der Waals surface area (Å²) in [7, 11) is -1.10. The van der Waals surface area contributed by atoms with Gasteiger partial charge in [0.15, 0.2) is 0 Å². The van der Waals surface area contributed by atoms with Gasteiger partial charge in [0.1, 0.15) is 12.8 Å². The summed E-state index contributed by atoms with van der Waals surface area (Å²) in [6, 6.07) is 17.5. The zero-order valence-corrected chi connectivity index (χ0v) is 18.2. The molecule has 28 heavy (non-hydrogen) atoms. The van der Waals surface area contributed by atoms with Crippen LogP contribution in [0.5, 0.6) is 0 Å². The van der Waals surface area contributed by atoms with Crippen LogP contribution in [0.4, 0.5) is 0 Å². The fourth-order valence-electron chi connectivity index (χ4n) is 4.27. The monoisotopic (exact) mass is 393 g/mol. The molecule has 1 unspecified atom stereocenters. The molecule has 148 valence electrons. The molecule has 4 rings (SSSR count). The molecule has 1 aliphatic carbocycles. The Morgan fingerprint density at radius 2 is 1.82 bits per heavy atom.